The normalized spacial score (nSPS) is 11.7. The fraction of sp³-hybridized carbons (Fsp3) is 0.545. The van der Waals surface area contributed by atoms with Crippen LogP contribution >= 0.6 is 22.9 Å². The molecule has 0 aromatic carbocycles. The Labute approximate surface area is 115 Å². The average Bonchev–Trinajstić information content (AvgIpc) is 2.70. The van der Waals surface area contributed by atoms with Gasteiger partial charge in [-0.2, -0.15) is 5.26 Å². The Hall–Kier alpha value is -1.32. The van der Waals surface area contributed by atoms with Gasteiger partial charge in [-0.3, -0.25) is 4.79 Å². The molecule has 1 rings (SSSR count). The maximum atomic E-state index is 12.0. The van der Waals surface area contributed by atoms with Crippen LogP contribution in [-0.4, -0.2) is 34.9 Å². The topological polar surface area (TPSA) is 69.0 Å². The van der Waals surface area contributed by atoms with Crippen molar-refractivity contribution in [3.05, 3.63) is 10.0 Å². The maximum absolute atomic E-state index is 12.0. The molecule has 7 heteroatoms. The van der Waals surface area contributed by atoms with Crippen molar-refractivity contribution in [3.63, 3.8) is 0 Å². The quantitative estimate of drug-likeness (QED) is 0.902. The van der Waals surface area contributed by atoms with E-state index in [2.05, 4.69) is 10.3 Å². The van der Waals surface area contributed by atoms with Crippen LogP contribution in [-0.2, 0) is 4.79 Å². The average molecular weight is 287 g/mol. The van der Waals surface area contributed by atoms with Gasteiger partial charge in [0.05, 0.1) is 0 Å². The fourth-order valence-corrected chi connectivity index (χ4v) is 2.52. The lowest BCUT2D eigenvalue weighted by Crippen LogP contribution is -2.41. The molecule has 1 aromatic heterocycles. The maximum Gasteiger partial charge on any atom is 0.244 e. The summed E-state index contributed by atoms with van der Waals surface area (Å²) in [4.78, 5) is 18.1. The van der Waals surface area contributed by atoms with Crippen LogP contribution in [0.1, 0.15) is 25.6 Å². The minimum absolute atomic E-state index is 0.00447. The van der Waals surface area contributed by atoms with E-state index in [1.54, 1.807) is 11.8 Å². The number of hydrogen-bond acceptors (Lipinski definition) is 5. The number of nitrogens with one attached hydrogen (secondary N) is 1. The predicted molar refractivity (Wildman–Crippen MR) is 72.9 cm³/mol. The van der Waals surface area contributed by atoms with Crippen molar-refractivity contribution in [1.29, 1.82) is 5.26 Å². The summed E-state index contributed by atoms with van der Waals surface area (Å²) in [5, 5.41) is 12.4. The molecule has 0 radical (unpaired) electrons. The number of nitriles is 1. The Morgan fingerprint density at radius 3 is 2.67 bits per heavy atom. The molecule has 0 spiro atoms. The third-order valence-electron chi connectivity index (χ3n) is 2.47. The van der Waals surface area contributed by atoms with Gasteiger partial charge in [0.25, 0.3) is 0 Å². The predicted octanol–water partition coefficient (Wildman–Crippen LogP) is 2.34. The lowest BCUT2D eigenvalue weighted by Gasteiger charge is -2.23. The SMILES string of the molecule is CCN(CC)C(=O)C(C)Nc1nc(Cl)c(C#N)s1. The monoisotopic (exact) mass is 286 g/mol. The highest BCUT2D eigenvalue weighted by Crippen LogP contribution is 2.26. The van der Waals surface area contributed by atoms with E-state index in [-0.39, 0.29) is 11.1 Å². The number of aromatic nitrogens is 1. The fourth-order valence-electron chi connectivity index (χ4n) is 1.49. The first-order chi connectivity index (χ1) is 8.53. The number of carbonyl (C=O) groups is 1. The van der Waals surface area contributed by atoms with Crippen molar-refractivity contribution in [1.82, 2.24) is 9.88 Å². The summed E-state index contributed by atoms with van der Waals surface area (Å²) >= 11 is 6.91. The zero-order chi connectivity index (χ0) is 13.7. The standard InChI is InChI=1S/C11H15ClN4OS/c1-4-16(5-2)10(17)7(3)14-11-15-9(12)8(6-13)18-11/h7H,4-5H2,1-3H3,(H,14,15). The van der Waals surface area contributed by atoms with Crippen molar-refractivity contribution < 1.29 is 4.79 Å². The molecule has 0 aliphatic carbocycles. The van der Waals surface area contributed by atoms with Gasteiger partial charge >= 0.3 is 0 Å². The van der Waals surface area contributed by atoms with Crippen molar-refractivity contribution >= 4 is 34.0 Å². The van der Waals surface area contributed by atoms with Gasteiger partial charge in [0.15, 0.2) is 10.3 Å². The number of nitrogens with zero attached hydrogens (tertiary/aromatic N) is 3. The lowest BCUT2D eigenvalue weighted by atomic mass is 10.3. The molecule has 1 atom stereocenters. The summed E-state index contributed by atoms with van der Waals surface area (Å²) in [6.07, 6.45) is 0. The highest BCUT2D eigenvalue weighted by Gasteiger charge is 2.19. The first-order valence-corrected chi connectivity index (χ1v) is 6.84. The lowest BCUT2D eigenvalue weighted by molar-refractivity contribution is -0.131. The number of anilines is 1. The van der Waals surface area contributed by atoms with Gasteiger partial charge in [-0.1, -0.05) is 22.9 Å². The van der Waals surface area contributed by atoms with Crippen LogP contribution in [0.2, 0.25) is 5.15 Å². The molecular weight excluding hydrogens is 272 g/mol. The van der Waals surface area contributed by atoms with Gasteiger partial charge in [-0.25, -0.2) is 4.98 Å². The van der Waals surface area contributed by atoms with Crippen molar-refractivity contribution in [2.24, 2.45) is 0 Å². The van der Waals surface area contributed by atoms with Crippen LogP contribution in [0.3, 0.4) is 0 Å². The molecule has 1 amide bonds. The van der Waals surface area contributed by atoms with Crippen LogP contribution in [0.15, 0.2) is 0 Å². The number of rotatable bonds is 5. The summed E-state index contributed by atoms with van der Waals surface area (Å²) in [7, 11) is 0. The van der Waals surface area contributed by atoms with Crippen LogP contribution in [0.4, 0.5) is 5.13 Å². The highest BCUT2D eigenvalue weighted by molar-refractivity contribution is 7.16. The molecule has 0 aliphatic rings. The van der Waals surface area contributed by atoms with E-state index in [0.29, 0.717) is 23.1 Å². The van der Waals surface area contributed by atoms with E-state index >= 15 is 0 Å². The Bertz CT molecular complexity index is 464. The second-order valence-electron chi connectivity index (χ2n) is 3.63. The van der Waals surface area contributed by atoms with Gasteiger partial charge in [-0.15, -0.1) is 0 Å². The number of carbonyl (C=O) groups excluding carboxylic acids is 1. The molecule has 0 saturated carbocycles. The number of thiazole rings is 1. The Balaban J connectivity index is 2.72. The van der Waals surface area contributed by atoms with E-state index in [4.69, 9.17) is 16.9 Å². The van der Waals surface area contributed by atoms with E-state index in [1.165, 1.54) is 0 Å². The number of likely N-dealkylation sites (N-methyl/N-ethyl adjacent to an activating group) is 1. The Kier molecular flexibility index (Phi) is 5.38. The van der Waals surface area contributed by atoms with Crippen molar-refractivity contribution in [2.75, 3.05) is 18.4 Å². The molecule has 1 N–H and O–H groups in total. The van der Waals surface area contributed by atoms with Gasteiger partial charge in [-0.05, 0) is 20.8 Å². The minimum atomic E-state index is -0.390. The summed E-state index contributed by atoms with van der Waals surface area (Å²) in [5.41, 5.74) is 0. The summed E-state index contributed by atoms with van der Waals surface area (Å²) < 4.78 is 0. The number of amides is 1. The molecule has 0 fully saturated rings. The Morgan fingerprint density at radius 2 is 2.22 bits per heavy atom. The van der Waals surface area contributed by atoms with Gasteiger partial charge in [0, 0.05) is 13.1 Å². The third kappa shape index (κ3) is 3.34. The van der Waals surface area contributed by atoms with E-state index in [9.17, 15) is 4.79 Å². The molecule has 1 aromatic rings. The van der Waals surface area contributed by atoms with E-state index in [1.807, 2.05) is 19.9 Å². The minimum Gasteiger partial charge on any atom is -0.350 e. The number of halogens is 1. The summed E-state index contributed by atoms with van der Waals surface area (Å²) in [5.74, 6) is 0.00447. The Morgan fingerprint density at radius 1 is 1.61 bits per heavy atom. The van der Waals surface area contributed by atoms with E-state index < -0.39 is 6.04 Å². The second kappa shape index (κ2) is 6.57. The van der Waals surface area contributed by atoms with E-state index in [0.717, 1.165) is 11.3 Å². The highest BCUT2D eigenvalue weighted by atomic mass is 35.5. The van der Waals surface area contributed by atoms with Gasteiger partial charge < -0.3 is 10.2 Å². The molecule has 98 valence electrons. The van der Waals surface area contributed by atoms with Crippen molar-refractivity contribution in [3.8, 4) is 6.07 Å². The smallest absolute Gasteiger partial charge is 0.244 e. The molecule has 0 saturated heterocycles. The molecule has 1 heterocycles. The zero-order valence-corrected chi connectivity index (χ0v) is 12.1. The van der Waals surface area contributed by atoms with Crippen LogP contribution in [0, 0.1) is 11.3 Å². The molecule has 1 unspecified atom stereocenters. The van der Waals surface area contributed by atoms with Crippen LogP contribution in [0.5, 0.6) is 0 Å². The molecular formula is C11H15ClN4OS. The summed E-state index contributed by atoms with van der Waals surface area (Å²) in [6, 6.07) is 1.56. The molecule has 5 nitrogen and oxygen atoms in total. The van der Waals surface area contributed by atoms with Gasteiger partial charge in [0.2, 0.25) is 5.91 Å². The van der Waals surface area contributed by atoms with Crippen LogP contribution < -0.4 is 5.32 Å². The van der Waals surface area contributed by atoms with Gasteiger partial charge in [0.1, 0.15) is 17.0 Å². The molecule has 18 heavy (non-hydrogen) atoms. The zero-order valence-electron chi connectivity index (χ0n) is 10.5. The largest absolute Gasteiger partial charge is 0.350 e. The first-order valence-electron chi connectivity index (χ1n) is 5.65. The van der Waals surface area contributed by atoms with Crippen molar-refractivity contribution in [2.45, 2.75) is 26.8 Å². The molecule has 0 bridgehead atoms. The number of hydrogen-bond donors (Lipinski definition) is 1. The van der Waals surface area contributed by atoms with Crippen LogP contribution in [0.25, 0.3) is 0 Å². The summed E-state index contributed by atoms with van der Waals surface area (Å²) in [6.45, 7) is 6.97. The first kappa shape index (κ1) is 14.7. The molecule has 0 aliphatic heterocycles. The third-order valence-corrected chi connectivity index (χ3v) is 3.75. The second-order valence-corrected chi connectivity index (χ2v) is 4.98.